The Labute approximate surface area is 173 Å². The van der Waals surface area contributed by atoms with Crippen molar-refractivity contribution in [3.8, 4) is 0 Å². The molecule has 0 aliphatic rings. The Hall–Kier alpha value is -2.38. The highest BCUT2D eigenvalue weighted by Crippen LogP contribution is 2.29. The van der Waals surface area contributed by atoms with Crippen LogP contribution < -0.4 is 9.80 Å². The van der Waals surface area contributed by atoms with Gasteiger partial charge in [0.25, 0.3) is 0 Å². The number of hydrogen-bond acceptors (Lipinski definition) is 6. The minimum Gasteiger partial charge on any atom is -0.361 e. The number of Topliss-reactive ketones (excluding diaryl/α,β-unsaturated/α-hetero) is 1. The Kier molecular flexibility index (Phi) is 5.76. The minimum absolute atomic E-state index is 0.0272. The largest absolute Gasteiger partial charge is 0.361 e. The molecule has 0 N–H and O–H groups in total. The summed E-state index contributed by atoms with van der Waals surface area (Å²) in [7, 11) is 7.63. The maximum absolute atomic E-state index is 12.5. The first-order valence-electron chi connectivity index (χ1n) is 8.72. The number of pyridine rings is 2. The average Bonchev–Trinajstić information content (AvgIpc) is 2.91. The van der Waals surface area contributed by atoms with E-state index in [2.05, 4.69) is 10.1 Å². The van der Waals surface area contributed by atoms with Crippen LogP contribution in [0.15, 0.2) is 18.2 Å². The molecule has 9 heteroatoms. The highest BCUT2D eigenvalue weighted by Gasteiger charge is 2.18. The Morgan fingerprint density at radius 1 is 1.11 bits per heavy atom. The maximum atomic E-state index is 12.5. The average molecular weight is 421 g/mol. The summed E-state index contributed by atoms with van der Waals surface area (Å²) in [5.41, 5.74) is 2.58. The number of likely N-dealkylation sites (N-methyl/N-ethyl adjacent to an activating group) is 1. The van der Waals surface area contributed by atoms with Crippen LogP contribution in [0.3, 0.4) is 0 Å². The van der Waals surface area contributed by atoms with Crippen molar-refractivity contribution in [2.24, 2.45) is 7.05 Å². The van der Waals surface area contributed by atoms with Crippen molar-refractivity contribution in [1.29, 1.82) is 0 Å². The zero-order chi connectivity index (χ0) is 20.6. The smallest absolute Gasteiger partial charge is 0.162 e. The molecule has 3 aromatic rings. The number of rotatable bonds is 6. The molecule has 3 rings (SSSR count). The summed E-state index contributed by atoms with van der Waals surface area (Å²) in [5.74, 6) is 1.62. The molecule has 7 nitrogen and oxygen atoms in total. The summed E-state index contributed by atoms with van der Waals surface area (Å²) in [5, 5.41) is 6.11. The minimum atomic E-state index is 0.0272. The Balaban J connectivity index is 1.82. The molecule has 0 unspecified atom stereocenters. The quantitative estimate of drug-likeness (QED) is 0.569. The molecule has 0 fully saturated rings. The lowest BCUT2D eigenvalue weighted by Crippen LogP contribution is -2.27. The lowest BCUT2D eigenvalue weighted by molar-refractivity contribution is -0.117. The van der Waals surface area contributed by atoms with Crippen molar-refractivity contribution in [2.45, 2.75) is 13.3 Å². The molecule has 3 heterocycles. The third-order valence-electron chi connectivity index (χ3n) is 4.41. The third-order valence-corrected chi connectivity index (χ3v) is 4.80. The molecular formula is C19H22Cl2N6O. The lowest BCUT2D eigenvalue weighted by atomic mass is 10.1. The number of aromatic nitrogens is 4. The second kappa shape index (κ2) is 7.93. The zero-order valence-corrected chi connectivity index (χ0v) is 18.0. The van der Waals surface area contributed by atoms with E-state index in [-0.39, 0.29) is 29.1 Å². The number of halogens is 2. The van der Waals surface area contributed by atoms with Crippen molar-refractivity contribution >= 4 is 51.7 Å². The third kappa shape index (κ3) is 4.20. The maximum Gasteiger partial charge on any atom is 0.162 e. The number of nitrogens with zero attached hydrogens (tertiary/aromatic N) is 6. The van der Waals surface area contributed by atoms with E-state index in [1.165, 1.54) is 0 Å². The highest BCUT2D eigenvalue weighted by atomic mass is 35.5. The molecule has 0 saturated carbocycles. The molecule has 0 saturated heterocycles. The number of carbonyl (C=O) groups is 1. The van der Waals surface area contributed by atoms with E-state index in [9.17, 15) is 4.79 Å². The molecule has 0 aliphatic heterocycles. The molecule has 148 valence electrons. The van der Waals surface area contributed by atoms with Gasteiger partial charge in [0.15, 0.2) is 17.2 Å². The van der Waals surface area contributed by atoms with Gasteiger partial charge >= 0.3 is 0 Å². The molecule has 0 amide bonds. The van der Waals surface area contributed by atoms with Gasteiger partial charge < -0.3 is 9.80 Å². The summed E-state index contributed by atoms with van der Waals surface area (Å²) in [6.45, 7) is 2.24. The molecule has 0 spiro atoms. The van der Waals surface area contributed by atoms with E-state index in [4.69, 9.17) is 28.2 Å². The molecule has 0 bridgehead atoms. The molecule has 0 radical (unpaired) electrons. The van der Waals surface area contributed by atoms with Gasteiger partial charge in [0, 0.05) is 34.6 Å². The van der Waals surface area contributed by atoms with Gasteiger partial charge in [-0.25, -0.2) is 14.6 Å². The van der Waals surface area contributed by atoms with Gasteiger partial charge in [-0.1, -0.05) is 23.2 Å². The number of ketones is 1. The van der Waals surface area contributed by atoms with E-state index in [0.717, 1.165) is 33.8 Å². The standard InChI is InChI=1S/C19H22Cl2N6O/c1-11-6-16(23-18-17(11)19(25(2)3)24-27(18)5)26(4)10-13(28)7-12-8-14(20)22-15(21)9-12/h6,8-9H,7,10H2,1-5H3. The summed E-state index contributed by atoms with van der Waals surface area (Å²) in [6, 6.07) is 5.28. The van der Waals surface area contributed by atoms with Crippen molar-refractivity contribution in [3.05, 3.63) is 39.6 Å². The number of fused-ring (bicyclic) bond motifs is 1. The van der Waals surface area contributed by atoms with Crippen LogP contribution in [0.2, 0.25) is 10.3 Å². The van der Waals surface area contributed by atoms with Crippen LogP contribution in [0.4, 0.5) is 11.6 Å². The predicted octanol–water partition coefficient (Wildman–Crippen LogP) is 3.29. The van der Waals surface area contributed by atoms with Gasteiger partial charge in [0.05, 0.1) is 11.9 Å². The fraction of sp³-hybridized carbons (Fsp3) is 0.368. The summed E-state index contributed by atoms with van der Waals surface area (Å²) in [6.07, 6.45) is 0.226. The normalized spacial score (nSPS) is 11.1. The molecule has 0 aliphatic carbocycles. The fourth-order valence-electron chi connectivity index (χ4n) is 3.14. The molecule has 0 aromatic carbocycles. The SMILES string of the molecule is Cc1cc(N(C)CC(=O)Cc2cc(Cl)nc(Cl)c2)nc2c1c(N(C)C)nn2C. The van der Waals surface area contributed by atoms with E-state index in [1.807, 2.05) is 51.0 Å². The van der Waals surface area contributed by atoms with Gasteiger partial charge in [-0.2, -0.15) is 5.10 Å². The monoisotopic (exact) mass is 420 g/mol. The van der Waals surface area contributed by atoms with Crippen LogP contribution in [0.1, 0.15) is 11.1 Å². The first-order chi connectivity index (χ1) is 13.2. The van der Waals surface area contributed by atoms with Crippen molar-refractivity contribution in [1.82, 2.24) is 19.7 Å². The van der Waals surface area contributed by atoms with Gasteiger partial charge in [-0.05, 0) is 36.2 Å². The van der Waals surface area contributed by atoms with E-state index in [0.29, 0.717) is 0 Å². The topological polar surface area (TPSA) is 67.2 Å². The molecule has 3 aromatic heterocycles. The second-order valence-corrected chi connectivity index (χ2v) is 7.80. The fourth-order valence-corrected chi connectivity index (χ4v) is 3.65. The highest BCUT2D eigenvalue weighted by molar-refractivity contribution is 6.32. The van der Waals surface area contributed by atoms with Crippen LogP contribution >= 0.6 is 23.2 Å². The zero-order valence-electron chi connectivity index (χ0n) is 16.5. The summed E-state index contributed by atoms with van der Waals surface area (Å²) < 4.78 is 1.76. The van der Waals surface area contributed by atoms with Gasteiger partial charge in [0.1, 0.15) is 16.1 Å². The van der Waals surface area contributed by atoms with Crippen molar-refractivity contribution in [2.75, 3.05) is 37.5 Å². The van der Waals surface area contributed by atoms with E-state index >= 15 is 0 Å². The molecular weight excluding hydrogens is 399 g/mol. The number of carbonyl (C=O) groups excluding carboxylic acids is 1. The van der Waals surface area contributed by atoms with Gasteiger partial charge in [0.2, 0.25) is 0 Å². The number of hydrogen-bond donors (Lipinski definition) is 0. The summed E-state index contributed by atoms with van der Waals surface area (Å²) in [4.78, 5) is 25.0. The lowest BCUT2D eigenvalue weighted by Gasteiger charge is -2.18. The van der Waals surface area contributed by atoms with Crippen molar-refractivity contribution in [3.63, 3.8) is 0 Å². The Bertz CT molecular complexity index is 1030. The van der Waals surface area contributed by atoms with Crippen LogP contribution in [-0.2, 0) is 18.3 Å². The first-order valence-corrected chi connectivity index (χ1v) is 9.47. The Morgan fingerprint density at radius 2 is 1.75 bits per heavy atom. The van der Waals surface area contributed by atoms with Crippen LogP contribution in [0.25, 0.3) is 11.0 Å². The Morgan fingerprint density at radius 3 is 2.36 bits per heavy atom. The van der Waals surface area contributed by atoms with Gasteiger partial charge in [-0.15, -0.1) is 0 Å². The summed E-state index contributed by atoms with van der Waals surface area (Å²) >= 11 is 11.8. The van der Waals surface area contributed by atoms with E-state index < -0.39 is 0 Å². The predicted molar refractivity (Wildman–Crippen MR) is 114 cm³/mol. The van der Waals surface area contributed by atoms with Crippen LogP contribution in [0.5, 0.6) is 0 Å². The van der Waals surface area contributed by atoms with Gasteiger partial charge in [-0.3, -0.25) is 4.79 Å². The number of aryl methyl sites for hydroxylation is 2. The number of anilines is 2. The van der Waals surface area contributed by atoms with Crippen molar-refractivity contribution < 1.29 is 4.79 Å². The molecule has 0 atom stereocenters. The first kappa shape index (κ1) is 20.4. The van der Waals surface area contributed by atoms with Crippen LogP contribution in [0, 0.1) is 6.92 Å². The molecule has 28 heavy (non-hydrogen) atoms. The van der Waals surface area contributed by atoms with E-state index in [1.54, 1.807) is 16.8 Å². The van der Waals surface area contributed by atoms with Crippen LogP contribution in [-0.4, -0.2) is 53.2 Å². The second-order valence-electron chi connectivity index (χ2n) is 7.03.